The number of nitrogens with two attached hydrogens (primary N) is 1. The van der Waals surface area contributed by atoms with Crippen molar-refractivity contribution < 1.29 is 8.42 Å². The molecule has 0 aromatic heterocycles. The van der Waals surface area contributed by atoms with Crippen molar-refractivity contribution in [1.82, 2.24) is 0 Å². The highest BCUT2D eigenvalue weighted by molar-refractivity contribution is 7.89. The summed E-state index contributed by atoms with van der Waals surface area (Å²) in [5, 5.41) is 8.59. The van der Waals surface area contributed by atoms with E-state index in [1.165, 1.54) is 12.8 Å². The van der Waals surface area contributed by atoms with Crippen LogP contribution in [0.25, 0.3) is 0 Å². The van der Waals surface area contributed by atoms with Crippen LogP contribution in [0.15, 0.2) is 29.2 Å². The van der Waals surface area contributed by atoms with E-state index < -0.39 is 10.0 Å². The van der Waals surface area contributed by atoms with Gasteiger partial charge >= 0.3 is 0 Å². The SMILES string of the molecule is CC1CCC(C)C(Nc2ccc(S(N)(=O)=O)cc2)C1. The second-order valence-corrected chi connectivity index (χ2v) is 7.28. The molecule has 1 aromatic rings. The van der Waals surface area contributed by atoms with Gasteiger partial charge < -0.3 is 5.32 Å². The summed E-state index contributed by atoms with van der Waals surface area (Å²) in [6.07, 6.45) is 3.70. The van der Waals surface area contributed by atoms with E-state index in [9.17, 15) is 8.42 Å². The van der Waals surface area contributed by atoms with Gasteiger partial charge in [0.2, 0.25) is 10.0 Å². The molecule has 0 bridgehead atoms. The van der Waals surface area contributed by atoms with Crippen LogP contribution in [0.4, 0.5) is 5.69 Å². The molecule has 2 rings (SSSR count). The zero-order valence-electron chi connectivity index (χ0n) is 11.5. The van der Waals surface area contributed by atoms with Crippen LogP contribution < -0.4 is 10.5 Å². The first-order chi connectivity index (χ1) is 8.86. The zero-order chi connectivity index (χ0) is 14.0. The second-order valence-electron chi connectivity index (χ2n) is 5.72. The van der Waals surface area contributed by atoms with Gasteiger partial charge in [-0.3, -0.25) is 0 Å². The van der Waals surface area contributed by atoms with Gasteiger partial charge in [0.25, 0.3) is 0 Å². The predicted molar refractivity (Wildman–Crippen MR) is 77.4 cm³/mol. The van der Waals surface area contributed by atoms with Crippen LogP contribution in [0.1, 0.15) is 33.1 Å². The molecule has 0 amide bonds. The largest absolute Gasteiger partial charge is 0.382 e. The molecule has 5 heteroatoms. The van der Waals surface area contributed by atoms with Crippen LogP contribution in [0, 0.1) is 11.8 Å². The number of hydrogen-bond acceptors (Lipinski definition) is 3. The summed E-state index contributed by atoms with van der Waals surface area (Å²) in [5.74, 6) is 1.39. The lowest BCUT2D eigenvalue weighted by Crippen LogP contribution is -2.33. The fourth-order valence-electron chi connectivity index (χ4n) is 2.69. The number of nitrogens with one attached hydrogen (secondary N) is 1. The molecule has 3 N–H and O–H groups in total. The Bertz CT molecular complexity index is 525. The summed E-state index contributed by atoms with van der Waals surface area (Å²) >= 11 is 0. The number of anilines is 1. The molecule has 3 unspecified atom stereocenters. The van der Waals surface area contributed by atoms with Crippen LogP contribution in [0.3, 0.4) is 0 Å². The topological polar surface area (TPSA) is 72.2 Å². The molecule has 0 aliphatic heterocycles. The lowest BCUT2D eigenvalue weighted by molar-refractivity contribution is 0.280. The van der Waals surface area contributed by atoms with Crippen molar-refractivity contribution in [1.29, 1.82) is 0 Å². The normalized spacial score (nSPS) is 28.1. The van der Waals surface area contributed by atoms with Crippen molar-refractivity contribution in [3.05, 3.63) is 24.3 Å². The Morgan fingerprint density at radius 1 is 1.16 bits per heavy atom. The molecular weight excluding hydrogens is 260 g/mol. The fourth-order valence-corrected chi connectivity index (χ4v) is 3.20. The molecule has 106 valence electrons. The third-order valence-electron chi connectivity index (χ3n) is 3.99. The molecule has 1 fully saturated rings. The molecule has 19 heavy (non-hydrogen) atoms. The first-order valence-corrected chi connectivity index (χ1v) is 8.30. The van der Waals surface area contributed by atoms with Gasteiger partial charge in [0.1, 0.15) is 0 Å². The minimum Gasteiger partial charge on any atom is -0.382 e. The minimum atomic E-state index is -3.60. The fraction of sp³-hybridized carbons (Fsp3) is 0.571. The van der Waals surface area contributed by atoms with Gasteiger partial charge in [-0.2, -0.15) is 0 Å². The van der Waals surface area contributed by atoms with Gasteiger partial charge in [0.15, 0.2) is 0 Å². The molecule has 1 aliphatic carbocycles. The van der Waals surface area contributed by atoms with Crippen LogP contribution in [0.5, 0.6) is 0 Å². The summed E-state index contributed by atoms with van der Waals surface area (Å²) in [7, 11) is -3.60. The molecule has 1 saturated carbocycles. The summed E-state index contributed by atoms with van der Waals surface area (Å²) in [4.78, 5) is 0.156. The standard InChI is InChI=1S/C14H22N2O2S/c1-10-3-4-11(2)14(9-10)16-12-5-7-13(8-6-12)19(15,17)18/h5-8,10-11,14,16H,3-4,9H2,1-2H3,(H2,15,17,18). The van der Waals surface area contributed by atoms with Crippen LogP contribution in [0.2, 0.25) is 0 Å². The highest BCUT2D eigenvalue weighted by Crippen LogP contribution is 2.30. The number of primary sulfonamides is 1. The maximum Gasteiger partial charge on any atom is 0.238 e. The first-order valence-electron chi connectivity index (χ1n) is 6.75. The number of hydrogen-bond donors (Lipinski definition) is 2. The summed E-state index contributed by atoms with van der Waals surface area (Å²) < 4.78 is 22.4. The monoisotopic (exact) mass is 282 g/mol. The molecule has 0 spiro atoms. The Morgan fingerprint density at radius 3 is 2.37 bits per heavy atom. The maximum absolute atomic E-state index is 11.2. The molecule has 3 atom stereocenters. The predicted octanol–water partition coefficient (Wildman–Crippen LogP) is 2.57. The van der Waals surface area contributed by atoms with Gasteiger partial charge in [-0.25, -0.2) is 13.6 Å². The van der Waals surface area contributed by atoms with Gasteiger partial charge in [0.05, 0.1) is 4.90 Å². The van der Waals surface area contributed by atoms with Gasteiger partial charge in [-0.1, -0.05) is 20.3 Å². The Balaban J connectivity index is 2.07. The molecule has 1 aromatic carbocycles. The van der Waals surface area contributed by atoms with Crippen molar-refractivity contribution in [3.63, 3.8) is 0 Å². The smallest absolute Gasteiger partial charge is 0.238 e. The molecule has 0 heterocycles. The Kier molecular flexibility index (Phi) is 4.16. The second kappa shape index (κ2) is 5.51. The van der Waals surface area contributed by atoms with E-state index in [2.05, 4.69) is 19.2 Å². The summed E-state index contributed by atoms with van der Waals surface area (Å²) in [5.41, 5.74) is 0.957. The van der Waals surface area contributed by atoms with Gasteiger partial charge in [-0.15, -0.1) is 0 Å². The third-order valence-corrected chi connectivity index (χ3v) is 4.92. The van der Waals surface area contributed by atoms with E-state index in [0.29, 0.717) is 12.0 Å². The van der Waals surface area contributed by atoms with E-state index in [0.717, 1.165) is 18.0 Å². The lowest BCUT2D eigenvalue weighted by atomic mass is 9.80. The van der Waals surface area contributed by atoms with Crippen molar-refractivity contribution in [2.24, 2.45) is 17.0 Å². The average Bonchev–Trinajstić information content (AvgIpc) is 2.33. The van der Waals surface area contributed by atoms with E-state index in [-0.39, 0.29) is 4.90 Å². The third kappa shape index (κ3) is 3.70. The van der Waals surface area contributed by atoms with Crippen molar-refractivity contribution in [2.75, 3.05) is 5.32 Å². The number of sulfonamides is 1. The molecule has 1 aliphatic rings. The highest BCUT2D eigenvalue weighted by Gasteiger charge is 2.25. The first kappa shape index (κ1) is 14.3. The van der Waals surface area contributed by atoms with Crippen molar-refractivity contribution in [2.45, 2.75) is 44.0 Å². The molecular formula is C14H22N2O2S. The minimum absolute atomic E-state index is 0.156. The van der Waals surface area contributed by atoms with Gasteiger partial charge in [0, 0.05) is 11.7 Å². The van der Waals surface area contributed by atoms with Crippen molar-refractivity contribution >= 4 is 15.7 Å². The summed E-state index contributed by atoms with van der Waals surface area (Å²) in [6.45, 7) is 4.55. The number of benzene rings is 1. The van der Waals surface area contributed by atoms with Crippen LogP contribution in [-0.4, -0.2) is 14.5 Å². The maximum atomic E-state index is 11.2. The lowest BCUT2D eigenvalue weighted by Gasteiger charge is -2.34. The van der Waals surface area contributed by atoms with E-state index >= 15 is 0 Å². The van der Waals surface area contributed by atoms with E-state index in [1.54, 1.807) is 24.3 Å². The Morgan fingerprint density at radius 2 is 1.79 bits per heavy atom. The van der Waals surface area contributed by atoms with Crippen molar-refractivity contribution in [3.8, 4) is 0 Å². The molecule has 4 nitrogen and oxygen atoms in total. The molecule has 0 radical (unpaired) electrons. The van der Waals surface area contributed by atoms with E-state index in [4.69, 9.17) is 5.14 Å². The highest BCUT2D eigenvalue weighted by atomic mass is 32.2. The summed E-state index contributed by atoms with van der Waals surface area (Å²) in [6, 6.07) is 7.13. The van der Waals surface area contributed by atoms with Crippen LogP contribution >= 0.6 is 0 Å². The molecule has 0 saturated heterocycles. The Hall–Kier alpha value is -1.07. The Labute approximate surface area is 115 Å². The van der Waals surface area contributed by atoms with Gasteiger partial charge in [-0.05, 0) is 48.9 Å². The number of rotatable bonds is 3. The van der Waals surface area contributed by atoms with E-state index in [1.807, 2.05) is 0 Å². The average molecular weight is 282 g/mol. The quantitative estimate of drug-likeness (QED) is 0.895. The zero-order valence-corrected chi connectivity index (χ0v) is 12.3. The van der Waals surface area contributed by atoms with Crippen LogP contribution in [-0.2, 0) is 10.0 Å².